The van der Waals surface area contributed by atoms with Crippen molar-refractivity contribution in [2.45, 2.75) is 39.0 Å². The molecule has 0 heterocycles. The molecule has 0 saturated heterocycles. The van der Waals surface area contributed by atoms with Gasteiger partial charge in [0.15, 0.2) is 0 Å². The van der Waals surface area contributed by atoms with Crippen LogP contribution in [0.1, 0.15) is 39.0 Å². The molecule has 80 valence electrons. The lowest BCUT2D eigenvalue weighted by atomic mass is 9.59. The van der Waals surface area contributed by atoms with Gasteiger partial charge in [-0.15, -0.1) is 0 Å². The van der Waals surface area contributed by atoms with E-state index >= 15 is 0 Å². The first-order valence-electron chi connectivity index (χ1n) is 4.96. The second kappa shape index (κ2) is 3.98. The van der Waals surface area contributed by atoms with Gasteiger partial charge in [0, 0.05) is 0 Å². The number of hydrogen-bond acceptors (Lipinski definition) is 2. The number of carbonyl (C=O) groups is 2. The predicted molar refractivity (Wildman–Crippen MR) is 50.0 cm³/mol. The van der Waals surface area contributed by atoms with E-state index in [-0.39, 0.29) is 11.8 Å². The lowest BCUT2D eigenvalue weighted by Gasteiger charge is -2.45. The molecule has 1 rings (SSSR count). The van der Waals surface area contributed by atoms with E-state index in [4.69, 9.17) is 10.2 Å². The van der Waals surface area contributed by atoms with Crippen molar-refractivity contribution in [2.75, 3.05) is 0 Å². The van der Waals surface area contributed by atoms with Crippen LogP contribution in [0.5, 0.6) is 0 Å². The van der Waals surface area contributed by atoms with Crippen LogP contribution in [0.25, 0.3) is 0 Å². The average Bonchev–Trinajstić information content (AvgIpc) is 2.00. The Morgan fingerprint density at radius 3 is 2.14 bits per heavy atom. The Labute approximate surface area is 82.9 Å². The van der Waals surface area contributed by atoms with Crippen LogP contribution in [0, 0.1) is 11.3 Å². The third-order valence-electron chi connectivity index (χ3n) is 3.47. The summed E-state index contributed by atoms with van der Waals surface area (Å²) in [5, 5.41) is 17.6. The van der Waals surface area contributed by atoms with Crippen LogP contribution in [0.3, 0.4) is 0 Å². The average molecular weight is 200 g/mol. The Morgan fingerprint density at radius 2 is 1.93 bits per heavy atom. The van der Waals surface area contributed by atoms with Gasteiger partial charge >= 0.3 is 11.9 Å². The van der Waals surface area contributed by atoms with E-state index < -0.39 is 17.9 Å². The molecule has 0 radical (unpaired) electrons. The molecule has 0 amide bonds. The molecule has 1 saturated carbocycles. The van der Waals surface area contributed by atoms with Crippen molar-refractivity contribution < 1.29 is 19.8 Å². The van der Waals surface area contributed by atoms with Gasteiger partial charge < -0.3 is 10.2 Å². The van der Waals surface area contributed by atoms with Crippen molar-refractivity contribution >= 4 is 11.9 Å². The monoisotopic (exact) mass is 200 g/mol. The van der Waals surface area contributed by atoms with Crippen LogP contribution in [0.2, 0.25) is 0 Å². The molecule has 4 nitrogen and oxygen atoms in total. The number of hydrogen-bond donors (Lipinski definition) is 2. The van der Waals surface area contributed by atoms with Gasteiger partial charge in [0.2, 0.25) is 0 Å². The number of carboxylic acid groups (broad SMARTS) is 2. The molecule has 1 aliphatic rings. The highest BCUT2D eigenvalue weighted by molar-refractivity contribution is 5.78. The van der Waals surface area contributed by atoms with Gasteiger partial charge in [0.05, 0.1) is 12.3 Å². The largest absolute Gasteiger partial charge is 0.481 e. The summed E-state index contributed by atoms with van der Waals surface area (Å²) in [4.78, 5) is 21.5. The molecule has 0 aliphatic heterocycles. The lowest BCUT2D eigenvalue weighted by Crippen LogP contribution is -2.42. The maximum Gasteiger partial charge on any atom is 0.307 e. The van der Waals surface area contributed by atoms with E-state index in [1.54, 1.807) is 0 Å². The molecular formula is C10H16O4. The molecule has 1 unspecified atom stereocenters. The van der Waals surface area contributed by atoms with Crippen molar-refractivity contribution in [2.24, 2.45) is 11.3 Å². The Hall–Kier alpha value is -1.06. The zero-order valence-electron chi connectivity index (χ0n) is 8.32. The van der Waals surface area contributed by atoms with Gasteiger partial charge in [0.25, 0.3) is 0 Å². The highest BCUT2D eigenvalue weighted by Gasteiger charge is 2.46. The molecule has 0 bridgehead atoms. The second-order valence-electron chi connectivity index (χ2n) is 4.06. The van der Waals surface area contributed by atoms with Gasteiger partial charge in [-0.25, -0.2) is 0 Å². The molecule has 1 atom stereocenters. The fourth-order valence-corrected chi connectivity index (χ4v) is 2.32. The molecule has 0 spiro atoms. The standard InChI is InChI=1S/C10H16O4/c1-2-10(4-3-5-10)7(9(13)14)6-8(11)12/h7H,2-6H2,1H3,(H,11,12)(H,13,14). The van der Waals surface area contributed by atoms with Crippen LogP contribution in [-0.2, 0) is 9.59 Å². The summed E-state index contributed by atoms with van der Waals surface area (Å²) >= 11 is 0. The first-order chi connectivity index (χ1) is 6.52. The maximum absolute atomic E-state index is 11.0. The minimum atomic E-state index is -1.02. The van der Waals surface area contributed by atoms with Gasteiger partial charge in [-0.3, -0.25) is 9.59 Å². The molecule has 0 aromatic rings. The Morgan fingerprint density at radius 1 is 1.36 bits per heavy atom. The highest BCUT2D eigenvalue weighted by Crippen LogP contribution is 2.51. The van der Waals surface area contributed by atoms with E-state index in [0.29, 0.717) is 0 Å². The van der Waals surface area contributed by atoms with Crippen molar-refractivity contribution in [3.8, 4) is 0 Å². The maximum atomic E-state index is 11.0. The minimum Gasteiger partial charge on any atom is -0.481 e. The summed E-state index contributed by atoms with van der Waals surface area (Å²) in [7, 11) is 0. The van der Waals surface area contributed by atoms with Crippen LogP contribution >= 0.6 is 0 Å². The van der Waals surface area contributed by atoms with Crippen LogP contribution in [0.4, 0.5) is 0 Å². The molecule has 1 aliphatic carbocycles. The molecule has 14 heavy (non-hydrogen) atoms. The second-order valence-corrected chi connectivity index (χ2v) is 4.06. The third kappa shape index (κ3) is 1.89. The van der Waals surface area contributed by atoms with Crippen molar-refractivity contribution in [3.63, 3.8) is 0 Å². The summed E-state index contributed by atoms with van der Waals surface area (Å²) in [5.74, 6) is -2.69. The van der Waals surface area contributed by atoms with Crippen LogP contribution in [-0.4, -0.2) is 22.2 Å². The highest BCUT2D eigenvalue weighted by atomic mass is 16.4. The van der Waals surface area contributed by atoms with Crippen molar-refractivity contribution in [3.05, 3.63) is 0 Å². The van der Waals surface area contributed by atoms with E-state index in [1.807, 2.05) is 6.92 Å². The fourth-order valence-electron chi connectivity index (χ4n) is 2.32. The van der Waals surface area contributed by atoms with Gasteiger partial charge in [0.1, 0.15) is 0 Å². The van der Waals surface area contributed by atoms with Gasteiger partial charge in [-0.05, 0) is 24.7 Å². The summed E-state index contributed by atoms with van der Waals surface area (Å²) in [6.45, 7) is 1.94. The molecule has 0 aromatic heterocycles. The number of aliphatic carboxylic acids is 2. The summed E-state index contributed by atoms with van der Waals surface area (Å²) in [6, 6.07) is 0. The molecular weight excluding hydrogens is 184 g/mol. The zero-order valence-corrected chi connectivity index (χ0v) is 8.32. The Bertz CT molecular complexity index is 237. The first kappa shape index (κ1) is 11.0. The minimum absolute atomic E-state index is 0.246. The Kier molecular flexibility index (Phi) is 3.13. The number of rotatable bonds is 5. The quantitative estimate of drug-likeness (QED) is 0.708. The molecule has 1 fully saturated rings. The van der Waals surface area contributed by atoms with Gasteiger partial charge in [-0.2, -0.15) is 0 Å². The predicted octanol–water partition coefficient (Wildman–Crippen LogP) is 1.74. The summed E-state index contributed by atoms with van der Waals surface area (Å²) in [6.07, 6.45) is 3.25. The summed E-state index contributed by atoms with van der Waals surface area (Å²) < 4.78 is 0. The normalized spacial score (nSPS) is 20.9. The van der Waals surface area contributed by atoms with Crippen LogP contribution < -0.4 is 0 Å². The van der Waals surface area contributed by atoms with E-state index in [1.165, 1.54) is 0 Å². The third-order valence-corrected chi connectivity index (χ3v) is 3.47. The first-order valence-corrected chi connectivity index (χ1v) is 4.96. The molecule has 2 N–H and O–H groups in total. The Balaban J connectivity index is 2.75. The SMILES string of the molecule is CCC1(C(CC(=O)O)C(=O)O)CCC1. The van der Waals surface area contributed by atoms with Crippen molar-refractivity contribution in [1.29, 1.82) is 0 Å². The van der Waals surface area contributed by atoms with Crippen LogP contribution in [0.15, 0.2) is 0 Å². The van der Waals surface area contributed by atoms with Gasteiger partial charge in [-0.1, -0.05) is 13.3 Å². The topological polar surface area (TPSA) is 74.6 Å². The van der Waals surface area contributed by atoms with E-state index in [2.05, 4.69) is 0 Å². The van der Waals surface area contributed by atoms with E-state index in [0.717, 1.165) is 25.7 Å². The molecule has 4 heteroatoms. The lowest BCUT2D eigenvalue weighted by molar-refractivity contribution is -0.157. The molecule has 0 aromatic carbocycles. The smallest absolute Gasteiger partial charge is 0.307 e. The summed E-state index contributed by atoms with van der Waals surface area (Å²) in [5.41, 5.74) is -0.246. The zero-order chi connectivity index (χ0) is 10.8. The van der Waals surface area contributed by atoms with E-state index in [9.17, 15) is 9.59 Å². The fraction of sp³-hybridized carbons (Fsp3) is 0.800. The number of carboxylic acids is 2. The van der Waals surface area contributed by atoms with Crippen molar-refractivity contribution in [1.82, 2.24) is 0 Å².